The molecule has 0 aliphatic heterocycles. The number of hydrogen-bond donors (Lipinski definition) is 1. The molecule has 0 aliphatic rings. The maximum Gasteiger partial charge on any atom is 0.208 e. The lowest BCUT2D eigenvalue weighted by Crippen LogP contribution is -2.14. The summed E-state index contributed by atoms with van der Waals surface area (Å²) in [7, 11) is 0. The number of rotatable bonds is 6. The second-order valence-electron chi connectivity index (χ2n) is 4.45. The molecule has 1 N–H and O–H groups in total. The third kappa shape index (κ3) is 3.62. The first-order chi connectivity index (χ1) is 9.70. The van der Waals surface area contributed by atoms with Crippen LogP contribution in [0.2, 0.25) is 0 Å². The Kier molecular flexibility index (Phi) is 4.80. The number of hydrogen-bond acceptors (Lipinski definition) is 4. The highest BCUT2D eigenvalue weighted by Gasteiger charge is 2.06. The molecule has 0 bridgehead atoms. The Morgan fingerprint density at radius 2 is 2.10 bits per heavy atom. The normalized spacial score (nSPS) is 10.2. The van der Waals surface area contributed by atoms with Crippen molar-refractivity contribution in [2.75, 3.05) is 6.61 Å². The quantitative estimate of drug-likeness (QED) is 0.820. The summed E-state index contributed by atoms with van der Waals surface area (Å²) >= 11 is 0. The van der Waals surface area contributed by atoms with E-state index < -0.39 is 0 Å². The van der Waals surface area contributed by atoms with Crippen molar-refractivity contribution in [2.24, 2.45) is 0 Å². The van der Waals surface area contributed by atoms with E-state index in [0.29, 0.717) is 19.0 Å². The monoisotopic (exact) mass is 270 g/mol. The number of oxazole rings is 1. The minimum Gasteiger partial charge on any atom is -0.481 e. The molecule has 1 heterocycles. The molecular weight excluding hydrogens is 252 g/mol. The minimum atomic E-state index is 0.273. The van der Waals surface area contributed by atoms with Gasteiger partial charge in [-0.2, -0.15) is 0 Å². The lowest BCUT2D eigenvalue weighted by atomic mass is 10.2. The molecule has 0 atom stereocenters. The van der Waals surface area contributed by atoms with E-state index in [9.17, 15) is 0 Å². The smallest absolute Gasteiger partial charge is 0.208 e. The topological polar surface area (TPSA) is 47.3 Å². The average molecular weight is 270 g/mol. The first kappa shape index (κ1) is 14.2. The highest BCUT2D eigenvalue weighted by molar-refractivity contribution is 5.33. The molecule has 0 spiro atoms. The highest BCUT2D eigenvalue weighted by atomic mass is 16.5. The van der Waals surface area contributed by atoms with Gasteiger partial charge in [-0.25, -0.2) is 4.98 Å². The molecule has 2 rings (SSSR count). The fourth-order valence-electron chi connectivity index (χ4n) is 1.83. The van der Waals surface area contributed by atoms with Crippen LogP contribution in [0.4, 0.5) is 0 Å². The van der Waals surface area contributed by atoms with Gasteiger partial charge in [-0.15, -0.1) is 6.42 Å². The molecule has 0 saturated carbocycles. The third-order valence-electron chi connectivity index (χ3n) is 2.95. The van der Waals surface area contributed by atoms with Gasteiger partial charge in [0, 0.05) is 12.1 Å². The van der Waals surface area contributed by atoms with Gasteiger partial charge in [-0.1, -0.05) is 24.1 Å². The maximum absolute atomic E-state index is 5.52. The number of terminal acetylenes is 1. The van der Waals surface area contributed by atoms with Crippen LogP contribution in [0.1, 0.15) is 22.9 Å². The van der Waals surface area contributed by atoms with Gasteiger partial charge in [0.25, 0.3) is 0 Å². The van der Waals surface area contributed by atoms with Crippen LogP contribution in [0.15, 0.2) is 28.7 Å². The second-order valence-corrected chi connectivity index (χ2v) is 4.45. The number of aryl methyl sites for hydroxylation is 2. The Labute approximate surface area is 119 Å². The molecule has 20 heavy (non-hydrogen) atoms. The molecule has 0 fully saturated rings. The number of ether oxygens (including phenoxy) is 1. The summed E-state index contributed by atoms with van der Waals surface area (Å²) in [5, 5.41) is 3.29. The van der Waals surface area contributed by atoms with Crippen LogP contribution >= 0.6 is 0 Å². The molecule has 0 unspecified atom stereocenters. The van der Waals surface area contributed by atoms with Crippen molar-refractivity contribution >= 4 is 0 Å². The second kappa shape index (κ2) is 6.78. The summed E-state index contributed by atoms with van der Waals surface area (Å²) in [5.74, 6) is 4.83. The van der Waals surface area contributed by atoms with Crippen molar-refractivity contribution < 1.29 is 9.15 Å². The van der Waals surface area contributed by atoms with E-state index in [1.807, 2.05) is 38.1 Å². The first-order valence-corrected chi connectivity index (χ1v) is 6.48. The fraction of sp³-hybridized carbons (Fsp3) is 0.312. The van der Waals surface area contributed by atoms with E-state index >= 15 is 0 Å². The summed E-state index contributed by atoms with van der Waals surface area (Å²) < 4.78 is 11.0. The molecule has 4 heteroatoms. The van der Waals surface area contributed by atoms with Gasteiger partial charge in [0.05, 0.1) is 12.2 Å². The van der Waals surface area contributed by atoms with E-state index in [0.717, 1.165) is 22.8 Å². The molecule has 104 valence electrons. The third-order valence-corrected chi connectivity index (χ3v) is 2.95. The van der Waals surface area contributed by atoms with Gasteiger partial charge < -0.3 is 14.5 Å². The fourth-order valence-corrected chi connectivity index (χ4v) is 1.83. The van der Waals surface area contributed by atoms with Crippen molar-refractivity contribution in [1.82, 2.24) is 10.3 Å². The van der Waals surface area contributed by atoms with E-state index in [4.69, 9.17) is 15.6 Å². The van der Waals surface area contributed by atoms with Crippen LogP contribution in [0.25, 0.3) is 0 Å². The van der Waals surface area contributed by atoms with Crippen LogP contribution < -0.4 is 10.1 Å². The van der Waals surface area contributed by atoms with E-state index in [1.165, 1.54) is 0 Å². The standard InChI is InChI=1S/C16H18N2O2/c1-4-9-19-15-8-6-5-7-14(15)10-17-11-16-18-12(2)13(3)20-16/h1,5-8,17H,9-11H2,2-3H3. The van der Waals surface area contributed by atoms with Crippen molar-refractivity contribution in [3.8, 4) is 18.1 Å². The molecule has 2 aromatic rings. The Hall–Kier alpha value is -2.25. The number of nitrogens with zero attached hydrogens (tertiary/aromatic N) is 1. The molecule has 0 saturated heterocycles. The summed E-state index contributed by atoms with van der Waals surface area (Å²) in [5.41, 5.74) is 1.99. The highest BCUT2D eigenvalue weighted by Crippen LogP contribution is 2.17. The van der Waals surface area contributed by atoms with E-state index in [2.05, 4.69) is 16.2 Å². The van der Waals surface area contributed by atoms with Crippen molar-refractivity contribution in [3.05, 3.63) is 47.2 Å². The largest absolute Gasteiger partial charge is 0.481 e. The van der Waals surface area contributed by atoms with Gasteiger partial charge >= 0.3 is 0 Å². The summed E-state index contributed by atoms with van der Waals surface area (Å²) in [6.45, 7) is 5.37. The van der Waals surface area contributed by atoms with Gasteiger partial charge in [-0.3, -0.25) is 0 Å². The lowest BCUT2D eigenvalue weighted by Gasteiger charge is -2.09. The molecular formula is C16H18N2O2. The number of benzene rings is 1. The van der Waals surface area contributed by atoms with Crippen molar-refractivity contribution in [2.45, 2.75) is 26.9 Å². The number of aromatic nitrogens is 1. The number of para-hydroxylation sites is 1. The van der Waals surface area contributed by atoms with Crippen LogP contribution in [0, 0.1) is 26.2 Å². The van der Waals surface area contributed by atoms with Crippen molar-refractivity contribution in [3.63, 3.8) is 0 Å². The first-order valence-electron chi connectivity index (χ1n) is 6.48. The Balaban J connectivity index is 1.92. The molecule has 0 aliphatic carbocycles. The molecule has 4 nitrogen and oxygen atoms in total. The maximum atomic E-state index is 5.52. The molecule has 1 aromatic heterocycles. The predicted molar refractivity (Wildman–Crippen MR) is 77.3 cm³/mol. The Morgan fingerprint density at radius 3 is 2.80 bits per heavy atom. The van der Waals surface area contributed by atoms with Gasteiger partial charge in [0.1, 0.15) is 18.1 Å². The van der Waals surface area contributed by atoms with Crippen LogP contribution in [-0.2, 0) is 13.1 Å². The summed E-state index contributed by atoms with van der Waals surface area (Å²) in [6, 6.07) is 7.81. The average Bonchev–Trinajstić information content (AvgIpc) is 2.76. The van der Waals surface area contributed by atoms with Crippen LogP contribution in [-0.4, -0.2) is 11.6 Å². The minimum absolute atomic E-state index is 0.273. The zero-order chi connectivity index (χ0) is 14.4. The van der Waals surface area contributed by atoms with Crippen LogP contribution in [0.5, 0.6) is 5.75 Å². The Morgan fingerprint density at radius 1 is 1.30 bits per heavy atom. The zero-order valence-corrected chi connectivity index (χ0v) is 11.8. The van der Waals surface area contributed by atoms with Gasteiger partial charge in [0.2, 0.25) is 5.89 Å². The lowest BCUT2D eigenvalue weighted by molar-refractivity contribution is 0.364. The van der Waals surface area contributed by atoms with E-state index in [-0.39, 0.29) is 6.61 Å². The van der Waals surface area contributed by atoms with Crippen molar-refractivity contribution in [1.29, 1.82) is 0 Å². The van der Waals surface area contributed by atoms with Gasteiger partial charge in [0.15, 0.2) is 0 Å². The SMILES string of the molecule is C#CCOc1ccccc1CNCc1nc(C)c(C)o1. The van der Waals surface area contributed by atoms with Crippen LogP contribution in [0.3, 0.4) is 0 Å². The molecule has 0 amide bonds. The number of nitrogens with one attached hydrogen (secondary N) is 1. The Bertz CT molecular complexity index is 592. The van der Waals surface area contributed by atoms with E-state index in [1.54, 1.807) is 0 Å². The molecule has 1 aromatic carbocycles. The summed E-state index contributed by atoms with van der Waals surface area (Å²) in [4.78, 5) is 4.33. The predicted octanol–water partition coefficient (Wildman–Crippen LogP) is 2.59. The molecule has 0 radical (unpaired) electrons. The zero-order valence-electron chi connectivity index (χ0n) is 11.8. The summed E-state index contributed by atoms with van der Waals surface area (Å²) in [6.07, 6.45) is 5.21. The van der Waals surface area contributed by atoms with Gasteiger partial charge in [-0.05, 0) is 19.9 Å².